The quantitative estimate of drug-likeness (QED) is 0.217. The molecule has 5 aromatic rings. The van der Waals surface area contributed by atoms with Gasteiger partial charge in [0.1, 0.15) is 13.1 Å². The molecule has 4 heteroatoms. The number of aliphatic carboxylic acids is 1. The molecular weight excluding hydrogens is 516 g/mol. The molecule has 1 heterocycles. The van der Waals surface area contributed by atoms with E-state index < -0.39 is 17.6 Å². The predicted octanol–water partition coefficient (Wildman–Crippen LogP) is 6.17. The second-order valence-electron chi connectivity index (χ2n) is 11.1. The fourth-order valence-corrected chi connectivity index (χ4v) is 6.27. The third-order valence-electron chi connectivity index (χ3n) is 8.27. The highest BCUT2D eigenvalue weighted by atomic mass is 16.4. The largest absolute Gasteiger partial charge is 0.545 e. The number of aryl methyl sites for hydroxylation is 2. The van der Waals surface area contributed by atoms with Crippen molar-refractivity contribution >= 4 is 11.8 Å². The van der Waals surface area contributed by atoms with E-state index >= 15 is 0 Å². The van der Waals surface area contributed by atoms with Crippen molar-refractivity contribution in [1.29, 1.82) is 0 Å². The van der Waals surface area contributed by atoms with E-state index in [0.717, 1.165) is 39.2 Å². The Hall–Kier alpha value is -4.96. The predicted molar refractivity (Wildman–Crippen MR) is 165 cm³/mol. The van der Waals surface area contributed by atoms with Crippen LogP contribution in [0.2, 0.25) is 0 Å². The molecule has 208 valence electrons. The Morgan fingerprint density at radius 2 is 1.19 bits per heavy atom. The summed E-state index contributed by atoms with van der Waals surface area (Å²) in [5, 5.41) is 14.0. The molecule has 0 radical (unpaired) electrons. The van der Waals surface area contributed by atoms with Gasteiger partial charge >= 0.3 is 0 Å². The average molecular weight is 551 g/mol. The van der Waals surface area contributed by atoms with Crippen LogP contribution in [0, 0.1) is 13.8 Å². The lowest BCUT2D eigenvalue weighted by Gasteiger charge is -2.39. The first-order chi connectivity index (χ1) is 20.5. The summed E-state index contributed by atoms with van der Waals surface area (Å²) in [6.45, 7) is 4.98. The van der Waals surface area contributed by atoms with Crippen molar-refractivity contribution in [1.82, 2.24) is 4.90 Å². The maximum atomic E-state index is 14.0. The number of carbonyl (C=O) groups excluding carboxylic acids is 1. The summed E-state index contributed by atoms with van der Waals surface area (Å²) in [6, 6.07) is 46.1. The maximum Gasteiger partial charge on any atom is 0.281 e. The van der Waals surface area contributed by atoms with Crippen molar-refractivity contribution in [3.05, 3.63) is 178 Å². The number of rotatable bonds is 8. The number of hydrogen-bond donors (Lipinski definition) is 0. The van der Waals surface area contributed by atoms with Crippen LogP contribution in [0.15, 0.2) is 140 Å². The van der Waals surface area contributed by atoms with Gasteiger partial charge in [-0.3, -0.25) is 0 Å². The van der Waals surface area contributed by atoms with E-state index in [2.05, 4.69) is 77.1 Å². The zero-order chi connectivity index (χ0) is 29.1. The van der Waals surface area contributed by atoms with Gasteiger partial charge in [0.25, 0.3) is 5.84 Å². The van der Waals surface area contributed by atoms with Crippen LogP contribution in [0.1, 0.15) is 45.0 Å². The first-order valence-electron chi connectivity index (χ1n) is 14.4. The van der Waals surface area contributed by atoms with Crippen molar-refractivity contribution in [2.45, 2.75) is 38.5 Å². The molecule has 0 aromatic heterocycles. The van der Waals surface area contributed by atoms with E-state index in [9.17, 15) is 9.90 Å². The minimum atomic E-state index is -1.53. The van der Waals surface area contributed by atoms with Gasteiger partial charge in [0.15, 0.2) is 6.04 Å². The normalized spacial score (nSPS) is 18.3. The summed E-state index contributed by atoms with van der Waals surface area (Å²) in [5.74, 6) is -0.268. The van der Waals surface area contributed by atoms with Crippen LogP contribution in [-0.4, -0.2) is 21.3 Å². The van der Waals surface area contributed by atoms with Gasteiger partial charge in [0.05, 0.1) is 11.5 Å². The SMILES string of the molecule is Cc1ccc(C2[N+](Cc3ccccc3)=C(c3ccccc3)N(Cc3ccccc3)C2(C(=O)[O-])c2ccc(C)cc2)cc1. The van der Waals surface area contributed by atoms with Crippen molar-refractivity contribution in [3.8, 4) is 0 Å². The summed E-state index contributed by atoms with van der Waals surface area (Å²) >= 11 is 0. The molecule has 0 saturated carbocycles. The second-order valence-corrected chi connectivity index (χ2v) is 11.1. The van der Waals surface area contributed by atoms with Crippen LogP contribution in [0.3, 0.4) is 0 Å². The maximum absolute atomic E-state index is 14.0. The first kappa shape index (κ1) is 27.2. The van der Waals surface area contributed by atoms with E-state index in [4.69, 9.17) is 0 Å². The third-order valence-corrected chi connectivity index (χ3v) is 8.27. The minimum absolute atomic E-state index is 0.389. The molecule has 0 fully saturated rings. The molecule has 0 aliphatic carbocycles. The summed E-state index contributed by atoms with van der Waals surface area (Å²) < 4.78 is 2.27. The van der Waals surface area contributed by atoms with Crippen LogP contribution in [0.4, 0.5) is 0 Å². The van der Waals surface area contributed by atoms with E-state index in [0.29, 0.717) is 18.7 Å². The zero-order valence-electron chi connectivity index (χ0n) is 24.0. The molecule has 0 bridgehead atoms. The van der Waals surface area contributed by atoms with Gasteiger partial charge < -0.3 is 9.90 Å². The van der Waals surface area contributed by atoms with Gasteiger partial charge in [-0.05, 0) is 37.1 Å². The standard InChI is InChI=1S/C38H34N2O2/c1-28-18-22-32(23-19-28)35-38(37(41)42,34-24-20-29(2)21-25-34)40(27-31-14-8-4-9-15-31)36(33-16-10-5-11-17-33)39(35)26-30-12-6-3-7-13-30/h3-25,35H,26-27H2,1-2H3. The highest BCUT2D eigenvalue weighted by molar-refractivity contribution is 6.00. The van der Waals surface area contributed by atoms with Gasteiger partial charge in [0.2, 0.25) is 5.54 Å². The molecule has 2 unspecified atom stereocenters. The van der Waals surface area contributed by atoms with Crippen LogP contribution < -0.4 is 5.11 Å². The molecule has 1 aliphatic heterocycles. The van der Waals surface area contributed by atoms with Gasteiger partial charge in [-0.2, -0.15) is 0 Å². The molecule has 4 nitrogen and oxygen atoms in total. The molecule has 0 amide bonds. The Morgan fingerprint density at radius 3 is 1.74 bits per heavy atom. The summed E-state index contributed by atoms with van der Waals surface area (Å²) in [7, 11) is 0. The summed E-state index contributed by atoms with van der Waals surface area (Å²) in [6.07, 6.45) is 0. The van der Waals surface area contributed by atoms with Gasteiger partial charge in [0, 0.05) is 11.1 Å². The molecule has 42 heavy (non-hydrogen) atoms. The average Bonchev–Trinajstić information content (AvgIpc) is 3.29. The Morgan fingerprint density at radius 1 is 0.690 bits per heavy atom. The van der Waals surface area contributed by atoms with Crippen molar-refractivity contribution in [2.75, 3.05) is 0 Å². The number of carboxylic acid groups (broad SMARTS) is 1. The molecule has 0 saturated heterocycles. The number of carbonyl (C=O) groups is 1. The Labute approximate surface area is 247 Å². The summed E-state index contributed by atoms with van der Waals surface area (Å²) in [5.41, 5.74) is 5.35. The fraction of sp³-hybridized carbons (Fsp3) is 0.158. The number of benzene rings is 5. The molecule has 0 spiro atoms. The minimum Gasteiger partial charge on any atom is -0.545 e. The van der Waals surface area contributed by atoms with Gasteiger partial charge in [-0.15, -0.1) is 0 Å². The molecule has 6 rings (SSSR count). The fourth-order valence-electron chi connectivity index (χ4n) is 6.27. The lowest BCUT2D eigenvalue weighted by Crippen LogP contribution is -2.59. The Bertz CT molecular complexity index is 1700. The van der Waals surface area contributed by atoms with E-state index in [1.807, 2.05) is 85.8 Å². The highest BCUT2D eigenvalue weighted by Gasteiger charge is 2.63. The number of hydrogen-bond acceptors (Lipinski definition) is 3. The number of nitrogens with zero attached hydrogens (tertiary/aromatic N) is 2. The molecule has 1 aliphatic rings. The summed E-state index contributed by atoms with van der Waals surface area (Å²) in [4.78, 5) is 16.1. The second kappa shape index (κ2) is 11.5. The van der Waals surface area contributed by atoms with E-state index in [-0.39, 0.29) is 0 Å². The Kier molecular flexibility index (Phi) is 7.45. The Balaban J connectivity index is 1.72. The van der Waals surface area contributed by atoms with Crippen molar-refractivity contribution in [3.63, 3.8) is 0 Å². The van der Waals surface area contributed by atoms with E-state index in [1.165, 1.54) is 0 Å². The van der Waals surface area contributed by atoms with Gasteiger partial charge in [-0.1, -0.05) is 139 Å². The third kappa shape index (κ3) is 4.90. The topological polar surface area (TPSA) is 46.4 Å². The van der Waals surface area contributed by atoms with E-state index in [1.54, 1.807) is 0 Å². The number of amidine groups is 1. The van der Waals surface area contributed by atoms with Crippen LogP contribution in [0.5, 0.6) is 0 Å². The van der Waals surface area contributed by atoms with Crippen LogP contribution >= 0.6 is 0 Å². The van der Waals surface area contributed by atoms with Crippen molar-refractivity contribution < 1.29 is 14.5 Å². The van der Waals surface area contributed by atoms with Crippen LogP contribution in [-0.2, 0) is 23.4 Å². The smallest absolute Gasteiger partial charge is 0.281 e. The highest BCUT2D eigenvalue weighted by Crippen LogP contribution is 2.49. The van der Waals surface area contributed by atoms with Crippen molar-refractivity contribution in [2.24, 2.45) is 0 Å². The monoisotopic (exact) mass is 550 g/mol. The molecule has 0 N–H and O–H groups in total. The molecule has 2 atom stereocenters. The van der Waals surface area contributed by atoms with Gasteiger partial charge in [-0.25, -0.2) is 9.48 Å². The first-order valence-corrected chi connectivity index (χ1v) is 14.4. The molecular formula is C38H34N2O2. The lowest BCUT2D eigenvalue weighted by molar-refractivity contribution is -0.587. The number of carboxylic acids is 1. The molecule has 5 aromatic carbocycles. The lowest BCUT2D eigenvalue weighted by atomic mass is 9.77. The van der Waals surface area contributed by atoms with Crippen LogP contribution in [0.25, 0.3) is 0 Å². The zero-order valence-corrected chi connectivity index (χ0v) is 24.0.